The van der Waals surface area contributed by atoms with Crippen molar-refractivity contribution in [3.63, 3.8) is 0 Å². The molecule has 0 spiro atoms. The van der Waals surface area contributed by atoms with Gasteiger partial charge in [-0.3, -0.25) is 0 Å². The van der Waals surface area contributed by atoms with Gasteiger partial charge in [0, 0.05) is 0 Å². The minimum Gasteiger partial charge on any atom is -0.547 e. The zero-order valence-corrected chi connectivity index (χ0v) is 21.1. The van der Waals surface area contributed by atoms with Crippen molar-refractivity contribution in [1.82, 2.24) is 0 Å². The smallest absolute Gasteiger partial charge is 0.547 e. The van der Waals surface area contributed by atoms with Crippen molar-refractivity contribution in [2.75, 3.05) is 0 Å². The number of hydrogen-bond donors (Lipinski definition) is 4. The van der Waals surface area contributed by atoms with E-state index in [-0.39, 0.29) is 41.1 Å². The number of carbonyl (C=O) groups excluding carboxylic acids is 1. The third kappa shape index (κ3) is 4.16. The van der Waals surface area contributed by atoms with Crippen molar-refractivity contribution in [3.05, 3.63) is 29.3 Å². The number of aromatic hydroxyl groups is 1. The van der Waals surface area contributed by atoms with E-state index >= 15 is 0 Å². The van der Waals surface area contributed by atoms with Gasteiger partial charge in [0.1, 0.15) is 30.2 Å². The first-order valence-corrected chi connectivity index (χ1v) is 11.6. The minimum absolute atomic E-state index is 0. The van der Waals surface area contributed by atoms with Gasteiger partial charge >= 0.3 is 29.6 Å². The van der Waals surface area contributed by atoms with E-state index in [0.717, 1.165) is 38.5 Å². The van der Waals surface area contributed by atoms with E-state index in [2.05, 4.69) is 13.0 Å². The molecule has 1 aliphatic heterocycles. The molecular formula is C24H31NaO8. The summed E-state index contributed by atoms with van der Waals surface area (Å²) in [5.74, 6) is 0.0267. The average molecular weight is 470 g/mol. The molecule has 0 aromatic heterocycles. The predicted octanol–water partition coefficient (Wildman–Crippen LogP) is -2.80. The molecular weight excluding hydrogens is 439 g/mol. The van der Waals surface area contributed by atoms with Gasteiger partial charge in [0.2, 0.25) is 0 Å². The number of aliphatic hydroxyl groups is 3. The minimum atomic E-state index is -1.78. The molecule has 10 atom stereocenters. The zero-order valence-electron chi connectivity index (χ0n) is 19.1. The Morgan fingerprint density at radius 2 is 1.88 bits per heavy atom. The fourth-order valence-corrected chi connectivity index (χ4v) is 7.06. The molecule has 1 heterocycles. The Hall–Kier alpha value is -0.710. The van der Waals surface area contributed by atoms with Gasteiger partial charge in [0.15, 0.2) is 6.29 Å². The number of phenolic OH excluding ortho intramolecular Hbond substituents is 1. The summed E-state index contributed by atoms with van der Waals surface area (Å²) in [5, 5.41) is 51.5. The number of rotatable bonds is 3. The van der Waals surface area contributed by atoms with Crippen molar-refractivity contribution in [2.24, 2.45) is 17.3 Å². The Bertz CT molecular complexity index is 895. The van der Waals surface area contributed by atoms with Crippen LogP contribution in [0.1, 0.15) is 56.1 Å². The Labute approximate surface area is 215 Å². The van der Waals surface area contributed by atoms with E-state index < -0.39 is 36.7 Å². The fraction of sp³-hybridized carbons (Fsp3) is 0.708. The molecule has 0 radical (unpaired) electrons. The molecule has 3 aliphatic carbocycles. The molecule has 1 aromatic carbocycles. The largest absolute Gasteiger partial charge is 1.00 e. The number of phenols is 1. The van der Waals surface area contributed by atoms with Crippen molar-refractivity contribution in [1.29, 1.82) is 0 Å². The fourth-order valence-electron chi connectivity index (χ4n) is 7.06. The number of ether oxygens (including phenoxy) is 2. The van der Waals surface area contributed by atoms with Crippen molar-refractivity contribution >= 4 is 5.97 Å². The second-order valence-corrected chi connectivity index (χ2v) is 10.3. The van der Waals surface area contributed by atoms with Crippen LogP contribution in [0.2, 0.25) is 0 Å². The summed E-state index contributed by atoms with van der Waals surface area (Å²) in [7, 11) is 0. The molecule has 2 unspecified atom stereocenters. The first-order valence-electron chi connectivity index (χ1n) is 11.6. The quantitative estimate of drug-likeness (QED) is 0.348. The Balaban J connectivity index is 0.00000259. The van der Waals surface area contributed by atoms with E-state index in [9.17, 15) is 30.3 Å². The number of carboxylic acids is 1. The average Bonchev–Trinajstić information content (AvgIpc) is 3.09. The number of benzene rings is 1. The van der Waals surface area contributed by atoms with Gasteiger partial charge in [-0.05, 0) is 85.0 Å². The number of carboxylic acid groups (broad SMARTS) is 1. The number of hydrogen-bond acceptors (Lipinski definition) is 8. The summed E-state index contributed by atoms with van der Waals surface area (Å²) in [6.07, 6.45) is -2.75. The van der Waals surface area contributed by atoms with Crippen molar-refractivity contribution < 1.29 is 69.4 Å². The second kappa shape index (κ2) is 9.39. The molecule has 0 bridgehead atoms. The maximum atomic E-state index is 11.3. The standard InChI is InChI=1S/C24H32O8.Na/c1-24-9-8-14-13-5-3-12(25)10-11(13)2-4-15(14)16(24)6-7-17(24)31-23-20(28)18(26)19(27)21(32-23)22(29)30;/h3,5,10,14-21,23,25-28H,2,4,6-9H2,1H3,(H,29,30);/q;+1/p-1/t14-,15-,16+,17+,18+,19?,20?,21+,23-,24+;/m1./s1. The molecule has 1 saturated heterocycles. The van der Waals surface area contributed by atoms with Crippen molar-refractivity contribution in [3.8, 4) is 5.75 Å². The van der Waals surface area contributed by atoms with E-state index in [0.29, 0.717) is 23.5 Å². The van der Waals surface area contributed by atoms with Gasteiger partial charge in [0.05, 0.1) is 12.1 Å². The second-order valence-electron chi connectivity index (χ2n) is 10.3. The molecule has 33 heavy (non-hydrogen) atoms. The molecule has 9 heteroatoms. The SMILES string of the molecule is C[C@]12CC[C@@H]3c4ccc(O)cc4CC[C@H]3[C@@H]1CC[C@@H]2O[C@@H]1O[C@H](C(=O)[O-])C(O)[C@H](O)C1O.[Na+]. The molecule has 5 rings (SSSR count). The van der Waals surface area contributed by atoms with Crippen LogP contribution in [0.5, 0.6) is 5.75 Å². The summed E-state index contributed by atoms with van der Waals surface area (Å²) in [6.45, 7) is 2.20. The summed E-state index contributed by atoms with van der Waals surface area (Å²) in [5.41, 5.74) is 2.42. The molecule has 176 valence electrons. The third-order valence-corrected chi connectivity index (χ3v) is 8.72. The maximum Gasteiger partial charge on any atom is 1.00 e. The third-order valence-electron chi connectivity index (χ3n) is 8.72. The molecule has 4 N–H and O–H groups in total. The topological polar surface area (TPSA) is 140 Å². The summed E-state index contributed by atoms with van der Waals surface area (Å²) >= 11 is 0. The van der Waals surface area contributed by atoms with Crippen LogP contribution in [0.25, 0.3) is 0 Å². The van der Waals surface area contributed by atoms with Crippen LogP contribution in [-0.2, 0) is 20.7 Å². The van der Waals surface area contributed by atoms with Crippen LogP contribution in [0.15, 0.2) is 18.2 Å². The van der Waals surface area contributed by atoms with Crippen LogP contribution in [-0.4, -0.2) is 63.2 Å². The first-order chi connectivity index (χ1) is 15.2. The molecule has 3 fully saturated rings. The summed E-state index contributed by atoms with van der Waals surface area (Å²) in [6, 6.07) is 5.71. The van der Waals surface area contributed by atoms with Crippen LogP contribution < -0.4 is 34.7 Å². The number of aliphatic carboxylic acids is 1. The zero-order chi connectivity index (χ0) is 22.8. The number of aliphatic hydroxyl groups excluding tert-OH is 3. The normalized spacial score (nSPS) is 44.2. The molecule has 0 amide bonds. The van der Waals surface area contributed by atoms with Crippen LogP contribution >= 0.6 is 0 Å². The number of aryl methyl sites for hydroxylation is 1. The van der Waals surface area contributed by atoms with Gasteiger partial charge in [-0.1, -0.05) is 13.0 Å². The van der Waals surface area contributed by atoms with Gasteiger partial charge in [-0.2, -0.15) is 0 Å². The Morgan fingerprint density at radius 1 is 1.12 bits per heavy atom. The van der Waals surface area contributed by atoms with Crippen LogP contribution in [0.3, 0.4) is 0 Å². The summed E-state index contributed by atoms with van der Waals surface area (Å²) in [4.78, 5) is 11.3. The summed E-state index contributed by atoms with van der Waals surface area (Å²) < 4.78 is 11.5. The van der Waals surface area contributed by atoms with E-state index in [1.165, 1.54) is 11.1 Å². The Morgan fingerprint density at radius 3 is 2.61 bits per heavy atom. The number of fused-ring (bicyclic) bond motifs is 5. The van der Waals surface area contributed by atoms with Crippen LogP contribution in [0.4, 0.5) is 0 Å². The van der Waals surface area contributed by atoms with Gasteiger partial charge < -0.3 is 39.8 Å². The molecule has 2 saturated carbocycles. The first kappa shape index (κ1) is 25.4. The van der Waals surface area contributed by atoms with Gasteiger partial charge in [-0.15, -0.1) is 0 Å². The number of carbonyl (C=O) groups is 1. The van der Waals surface area contributed by atoms with Crippen molar-refractivity contribution in [2.45, 2.75) is 88.2 Å². The molecule has 4 aliphatic rings. The predicted molar refractivity (Wildman–Crippen MR) is 109 cm³/mol. The Kier molecular flexibility index (Phi) is 7.22. The molecule has 1 aromatic rings. The van der Waals surface area contributed by atoms with E-state index in [1.807, 2.05) is 6.07 Å². The van der Waals surface area contributed by atoms with Gasteiger partial charge in [0.25, 0.3) is 0 Å². The maximum absolute atomic E-state index is 11.3. The van der Waals surface area contributed by atoms with Gasteiger partial charge in [-0.25, -0.2) is 0 Å². The molecule has 8 nitrogen and oxygen atoms in total. The van der Waals surface area contributed by atoms with E-state index in [1.54, 1.807) is 6.07 Å². The van der Waals surface area contributed by atoms with Crippen LogP contribution in [0, 0.1) is 17.3 Å². The van der Waals surface area contributed by atoms with E-state index in [4.69, 9.17) is 9.47 Å². The monoisotopic (exact) mass is 470 g/mol.